The van der Waals surface area contributed by atoms with Gasteiger partial charge in [0.15, 0.2) is 0 Å². The average molecular weight is 206 g/mol. The van der Waals surface area contributed by atoms with Gasteiger partial charge in [-0.1, -0.05) is 34.6 Å². The van der Waals surface area contributed by atoms with Gasteiger partial charge in [0.25, 0.3) is 0 Å². The van der Waals surface area contributed by atoms with E-state index in [0.717, 1.165) is 23.7 Å². The fourth-order valence-corrected chi connectivity index (χ4v) is 1.31. The highest BCUT2D eigenvalue weighted by Gasteiger charge is 2.15. The van der Waals surface area contributed by atoms with Crippen LogP contribution in [0.2, 0.25) is 0 Å². The van der Waals surface area contributed by atoms with Crippen molar-refractivity contribution < 1.29 is 0 Å². The van der Waals surface area contributed by atoms with E-state index in [1.54, 1.807) is 0 Å². The van der Waals surface area contributed by atoms with Crippen LogP contribution >= 0.6 is 0 Å². The number of hydrogen-bond acceptors (Lipinski definition) is 2. The number of aromatic nitrogens is 2. The Morgan fingerprint density at radius 1 is 1.13 bits per heavy atom. The van der Waals surface area contributed by atoms with Crippen LogP contribution in [0.25, 0.3) is 0 Å². The van der Waals surface area contributed by atoms with Gasteiger partial charge in [-0.15, -0.1) is 0 Å². The van der Waals surface area contributed by atoms with E-state index in [9.17, 15) is 0 Å². The maximum atomic E-state index is 4.47. The first kappa shape index (κ1) is 12.2. The van der Waals surface area contributed by atoms with Crippen LogP contribution in [0.5, 0.6) is 0 Å². The largest absolute Gasteiger partial charge is 0.258 e. The summed E-state index contributed by atoms with van der Waals surface area (Å²) in [6, 6.07) is 0. The van der Waals surface area contributed by atoms with Crippen molar-refractivity contribution in [1.29, 1.82) is 0 Å². The molecule has 0 saturated heterocycles. The number of rotatable bonds is 3. The zero-order valence-electron chi connectivity index (χ0n) is 10.5. The maximum Gasteiger partial charge on any atom is 0.0640 e. The summed E-state index contributed by atoms with van der Waals surface area (Å²) in [4.78, 5) is 8.92. The van der Waals surface area contributed by atoms with Crippen LogP contribution in [0, 0.1) is 5.92 Å². The van der Waals surface area contributed by atoms with Gasteiger partial charge in [-0.2, -0.15) is 0 Å². The molecule has 2 heteroatoms. The molecule has 1 rings (SSSR count). The SMILES string of the molecule is CC(C)CCc1cnc(C(C)(C)C)cn1. The molecule has 0 aliphatic carbocycles. The van der Waals surface area contributed by atoms with Gasteiger partial charge in [0, 0.05) is 17.8 Å². The molecule has 0 spiro atoms. The van der Waals surface area contributed by atoms with Gasteiger partial charge in [0.2, 0.25) is 0 Å². The maximum absolute atomic E-state index is 4.47. The molecule has 0 aromatic carbocycles. The predicted octanol–water partition coefficient (Wildman–Crippen LogP) is 3.36. The van der Waals surface area contributed by atoms with Crippen LogP contribution in [-0.4, -0.2) is 9.97 Å². The third-order valence-corrected chi connectivity index (χ3v) is 2.45. The fraction of sp³-hybridized carbons (Fsp3) is 0.692. The fourth-order valence-electron chi connectivity index (χ4n) is 1.31. The Labute approximate surface area is 93.2 Å². The molecule has 1 aromatic heterocycles. The van der Waals surface area contributed by atoms with Crippen molar-refractivity contribution in [1.82, 2.24) is 9.97 Å². The Morgan fingerprint density at radius 2 is 1.80 bits per heavy atom. The molecule has 0 saturated carbocycles. The van der Waals surface area contributed by atoms with Gasteiger partial charge in [-0.05, 0) is 18.8 Å². The molecule has 0 fully saturated rings. The van der Waals surface area contributed by atoms with Crippen molar-refractivity contribution >= 4 is 0 Å². The molecule has 84 valence electrons. The zero-order chi connectivity index (χ0) is 11.5. The lowest BCUT2D eigenvalue weighted by molar-refractivity contribution is 0.556. The molecule has 0 aliphatic rings. The van der Waals surface area contributed by atoms with Gasteiger partial charge in [0.05, 0.1) is 11.4 Å². The van der Waals surface area contributed by atoms with Crippen molar-refractivity contribution in [3.8, 4) is 0 Å². The Bertz CT molecular complexity index is 293. The summed E-state index contributed by atoms with van der Waals surface area (Å²) in [5.74, 6) is 0.731. The highest BCUT2D eigenvalue weighted by molar-refractivity contribution is 5.10. The van der Waals surface area contributed by atoms with Crippen molar-refractivity contribution in [2.45, 2.75) is 52.9 Å². The Morgan fingerprint density at radius 3 is 2.20 bits per heavy atom. The molecule has 1 heterocycles. The third kappa shape index (κ3) is 3.98. The summed E-state index contributed by atoms with van der Waals surface area (Å²) < 4.78 is 0. The van der Waals surface area contributed by atoms with Crippen LogP contribution in [-0.2, 0) is 11.8 Å². The summed E-state index contributed by atoms with van der Waals surface area (Å²) in [6.07, 6.45) is 6.05. The first-order chi connectivity index (χ1) is 6.89. The van der Waals surface area contributed by atoms with E-state index < -0.39 is 0 Å². The van der Waals surface area contributed by atoms with E-state index in [-0.39, 0.29) is 5.41 Å². The Kier molecular flexibility index (Phi) is 3.83. The molecule has 0 bridgehead atoms. The van der Waals surface area contributed by atoms with Crippen molar-refractivity contribution in [3.05, 3.63) is 23.8 Å². The lowest BCUT2D eigenvalue weighted by Gasteiger charge is -2.17. The van der Waals surface area contributed by atoms with Crippen LogP contribution in [0.15, 0.2) is 12.4 Å². The van der Waals surface area contributed by atoms with Gasteiger partial charge >= 0.3 is 0 Å². The smallest absolute Gasteiger partial charge is 0.0640 e. The van der Waals surface area contributed by atoms with Crippen LogP contribution in [0.1, 0.15) is 52.4 Å². The van der Waals surface area contributed by atoms with Crippen molar-refractivity contribution in [2.75, 3.05) is 0 Å². The molecular formula is C13H22N2. The summed E-state index contributed by atoms with van der Waals surface area (Å²) >= 11 is 0. The Balaban J connectivity index is 2.65. The van der Waals surface area contributed by atoms with Crippen LogP contribution < -0.4 is 0 Å². The third-order valence-electron chi connectivity index (χ3n) is 2.45. The lowest BCUT2D eigenvalue weighted by Crippen LogP contribution is -2.14. The predicted molar refractivity (Wildman–Crippen MR) is 63.9 cm³/mol. The average Bonchev–Trinajstić information content (AvgIpc) is 2.14. The second-order valence-corrected chi connectivity index (χ2v) is 5.58. The van der Waals surface area contributed by atoms with E-state index in [1.165, 1.54) is 6.42 Å². The topological polar surface area (TPSA) is 25.8 Å². The minimum atomic E-state index is 0.101. The number of hydrogen-bond donors (Lipinski definition) is 0. The minimum absolute atomic E-state index is 0.101. The molecule has 0 N–H and O–H groups in total. The zero-order valence-corrected chi connectivity index (χ0v) is 10.5. The molecule has 1 aromatic rings. The lowest BCUT2D eigenvalue weighted by atomic mass is 9.93. The second-order valence-electron chi connectivity index (χ2n) is 5.58. The standard InChI is InChI=1S/C13H22N2/c1-10(2)6-7-11-8-15-12(9-14-11)13(3,4)5/h8-10H,6-7H2,1-5H3. The molecule has 15 heavy (non-hydrogen) atoms. The molecule has 0 unspecified atom stereocenters. The quantitative estimate of drug-likeness (QED) is 0.758. The van der Waals surface area contributed by atoms with Gasteiger partial charge in [-0.3, -0.25) is 9.97 Å². The molecule has 0 amide bonds. The van der Waals surface area contributed by atoms with E-state index >= 15 is 0 Å². The first-order valence-corrected chi connectivity index (χ1v) is 5.71. The monoisotopic (exact) mass is 206 g/mol. The minimum Gasteiger partial charge on any atom is -0.258 e. The summed E-state index contributed by atoms with van der Waals surface area (Å²) in [6.45, 7) is 10.9. The van der Waals surface area contributed by atoms with E-state index in [4.69, 9.17) is 0 Å². The van der Waals surface area contributed by atoms with Crippen LogP contribution in [0.4, 0.5) is 0 Å². The number of aryl methyl sites for hydroxylation is 1. The Hall–Kier alpha value is -0.920. The van der Waals surface area contributed by atoms with E-state index in [1.807, 2.05) is 12.4 Å². The summed E-state index contributed by atoms with van der Waals surface area (Å²) in [5.41, 5.74) is 2.27. The highest BCUT2D eigenvalue weighted by atomic mass is 14.8. The second kappa shape index (κ2) is 4.73. The van der Waals surface area contributed by atoms with Crippen molar-refractivity contribution in [3.63, 3.8) is 0 Å². The van der Waals surface area contributed by atoms with Gasteiger partial charge < -0.3 is 0 Å². The molecule has 0 radical (unpaired) electrons. The van der Waals surface area contributed by atoms with Crippen LogP contribution in [0.3, 0.4) is 0 Å². The van der Waals surface area contributed by atoms with Gasteiger partial charge in [0.1, 0.15) is 0 Å². The summed E-state index contributed by atoms with van der Waals surface area (Å²) in [7, 11) is 0. The van der Waals surface area contributed by atoms with Crippen molar-refractivity contribution in [2.24, 2.45) is 5.92 Å². The number of nitrogens with zero attached hydrogens (tertiary/aromatic N) is 2. The van der Waals surface area contributed by atoms with Gasteiger partial charge in [-0.25, -0.2) is 0 Å². The van der Waals surface area contributed by atoms with E-state index in [0.29, 0.717) is 0 Å². The molecular weight excluding hydrogens is 184 g/mol. The first-order valence-electron chi connectivity index (χ1n) is 5.71. The van der Waals surface area contributed by atoms with E-state index in [2.05, 4.69) is 44.6 Å². The highest BCUT2D eigenvalue weighted by Crippen LogP contribution is 2.18. The molecule has 2 nitrogen and oxygen atoms in total. The summed E-state index contributed by atoms with van der Waals surface area (Å²) in [5, 5.41) is 0. The molecule has 0 atom stereocenters. The molecule has 0 aliphatic heterocycles. The normalized spacial score (nSPS) is 12.1.